The summed E-state index contributed by atoms with van der Waals surface area (Å²) < 4.78 is 18.7. The lowest BCUT2D eigenvalue weighted by Crippen LogP contribution is -2.30. The molecule has 2 rings (SSSR count). The van der Waals surface area contributed by atoms with Crippen LogP contribution in [0.3, 0.4) is 0 Å². The predicted molar refractivity (Wildman–Crippen MR) is 76.5 cm³/mol. The van der Waals surface area contributed by atoms with Gasteiger partial charge in [0.2, 0.25) is 0 Å². The summed E-state index contributed by atoms with van der Waals surface area (Å²) in [4.78, 5) is 13.8. The van der Waals surface area contributed by atoms with Gasteiger partial charge in [0.05, 0.1) is 5.02 Å². The standard InChI is InChI=1S/C15H19ClFNO2/c1-18(7-4-11-5-8-20-9-6-11)15(19)12-2-3-13(16)14(17)10-12/h2-3,10-11H,4-9H2,1H3. The number of carbonyl (C=O) groups is 1. The van der Waals surface area contributed by atoms with Gasteiger partial charge in [0.25, 0.3) is 5.91 Å². The molecule has 1 amide bonds. The average Bonchev–Trinajstić information content (AvgIpc) is 2.48. The van der Waals surface area contributed by atoms with Crippen LogP contribution in [0.2, 0.25) is 5.02 Å². The Morgan fingerprint density at radius 2 is 2.15 bits per heavy atom. The summed E-state index contributed by atoms with van der Waals surface area (Å²) in [6.07, 6.45) is 3.07. The minimum absolute atomic E-state index is 0.0337. The molecule has 0 radical (unpaired) electrons. The highest BCUT2D eigenvalue weighted by molar-refractivity contribution is 6.30. The maximum Gasteiger partial charge on any atom is 0.253 e. The zero-order valence-electron chi connectivity index (χ0n) is 11.6. The molecule has 1 saturated heterocycles. The molecular weight excluding hydrogens is 281 g/mol. The summed E-state index contributed by atoms with van der Waals surface area (Å²) >= 11 is 5.62. The van der Waals surface area contributed by atoms with Gasteiger partial charge in [-0.2, -0.15) is 0 Å². The van der Waals surface area contributed by atoms with Crippen molar-refractivity contribution in [3.05, 3.63) is 34.6 Å². The van der Waals surface area contributed by atoms with Crippen LogP contribution in [0.4, 0.5) is 4.39 Å². The molecule has 0 bridgehead atoms. The number of hydrogen-bond acceptors (Lipinski definition) is 2. The monoisotopic (exact) mass is 299 g/mol. The molecule has 1 heterocycles. The summed E-state index contributed by atoms with van der Waals surface area (Å²) in [5.74, 6) is -0.121. The van der Waals surface area contributed by atoms with Crippen molar-refractivity contribution < 1.29 is 13.9 Å². The number of rotatable bonds is 4. The first kappa shape index (κ1) is 15.3. The number of hydrogen-bond donors (Lipinski definition) is 0. The number of amides is 1. The quantitative estimate of drug-likeness (QED) is 0.853. The van der Waals surface area contributed by atoms with Gasteiger partial charge in [0.15, 0.2) is 0 Å². The molecule has 0 spiro atoms. The Labute approximate surface area is 123 Å². The summed E-state index contributed by atoms with van der Waals surface area (Å²) in [6, 6.07) is 4.16. The van der Waals surface area contributed by atoms with E-state index >= 15 is 0 Å². The number of benzene rings is 1. The minimum atomic E-state index is -0.560. The van der Waals surface area contributed by atoms with Gasteiger partial charge in [-0.25, -0.2) is 4.39 Å². The van der Waals surface area contributed by atoms with Crippen molar-refractivity contribution in [1.29, 1.82) is 0 Å². The van der Waals surface area contributed by atoms with Gasteiger partial charge in [-0.15, -0.1) is 0 Å². The van der Waals surface area contributed by atoms with E-state index < -0.39 is 5.82 Å². The van der Waals surface area contributed by atoms with Crippen LogP contribution >= 0.6 is 11.6 Å². The van der Waals surface area contributed by atoms with Crippen LogP contribution in [0, 0.1) is 11.7 Å². The normalized spacial score (nSPS) is 16.1. The molecule has 0 N–H and O–H groups in total. The maximum absolute atomic E-state index is 13.4. The van der Waals surface area contributed by atoms with Gasteiger partial charge < -0.3 is 9.64 Å². The Bertz CT molecular complexity index is 475. The van der Waals surface area contributed by atoms with E-state index in [0.29, 0.717) is 18.0 Å². The molecule has 3 nitrogen and oxygen atoms in total. The molecule has 1 aliphatic heterocycles. The van der Waals surface area contributed by atoms with Gasteiger partial charge in [-0.05, 0) is 43.4 Å². The van der Waals surface area contributed by atoms with Gasteiger partial charge in [-0.1, -0.05) is 11.6 Å². The Hall–Kier alpha value is -1.13. The lowest BCUT2D eigenvalue weighted by atomic mass is 9.96. The van der Waals surface area contributed by atoms with Crippen molar-refractivity contribution in [3.63, 3.8) is 0 Å². The fraction of sp³-hybridized carbons (Fsp3) is 0.533. The third-order valence-electron chi connectivity index (χ3n) is 3.73. The first-order valence-corrected chi connectivity index (χ1v) is 7.24. The van der Waals surface area contributed by atoms with E-state index in [1.807, 2.05) is 0 Å². The number of nitrogens with zero attached hydrogens (tertiary/aromatic N) is 1. The van der Waals surface area contributed by atoms with Crippen LogP contribution in [0.25, 0.3) is 0 Å². The third kappa shape index (κ3) is 3.93. The molecule has 1 aromatic carbocycles. The van der Waals surface area contributed by atoms with E-state index in [2.05, 4.69) is 0 Å². The topological polar surface area (TPSA) is 29.5 Å². The second-order valence-corrected chi connectivity index (χ2v) is 5.61. The van der Waals surface area contributed by atoms with Crippen molar-refractivity contribution in [1.82, 2.24) is 4.90 Å². The Kier molecular flexibility index (Phi) is 5.38. The van der Waals surface area contributed by atoms with Crippen molar-refractivity contribution in [2.75, 3.05) is 26.8 Å². The molecule has 0 saturated carbocycles. The fourth-order valence-corrected chi connectivity index (χ4v) is 2.48. The minimum Gasteiger partial charge on any atom is -0.381 e. The largest absolute Gasteiger partial charge is 0.381 e. The smallest absolute Gasteiger partial charge is 0.253 e. The zero-order chi connectivity index (χ0) is 14.5. The van der Waals surface area contributed by atoms with Gasteiger partial charge >= 0.3 is 0 Å². The van der Waals surface area contributed by atoms with E-state index in [0.717, 1.165) is 32.5 Å². The third-order valence-corrected chi connectivity index (χ3v) is 4.03. The second kappa shape index (κ2) is 7.04. The zero-order valence-corrected chi connectivity index (χ0v) is 12.3. The SMILES string of the molecule is CN(CCC1CCOCC1)C(=O)c1ccc(Cl)c(F)c1. The molecule has 0 aromatic heterocycles. The first-order valence-electron chi connectivity index (χ1n) is 6.86. The van der Waals surface area contributed by atoms with Crippen molar-refractivity contribution in [3.8, 4) is 0 Å². The molecule has 1 aliphatic rings. The van der Waals surface area contributed by atoms with Crippen molar-refractivity contribution in [2.45, 2.75) is 19.3 Å². The molecular formula is C15H19ClFNO2. The summed E-state index contributed by atoms with van der Waals surface area (Å²) in [6.45, 7) is 2.29. The average molecular weight is 300 g/mol. The van der Waals surface area contributed by atoms with Crippen LogP contribution in [-0.4, -0.2) is 37.6 Å². The molecule has 5 heteroatoms. The van der Waals surface area contributed by atoms with Gasteiger partial charge in [0.1, 0.15) is 5.82 Å². The molecule has 110 valence electrons. The predicted octanol–water partition coefficient (Wildman–Crippen LogP) is 3.37. The van der Waals surface area contributed by atoms with Crippen LogP contribution in [0.5, 0.6) is 0 Å². The lowest BCUT2D eigenvalue weighted by Gasteiger charge is -2.25. The number of carbonyl (C=O) groups excluding carboxylic acids is 1. The fourth-order valence-electron chi connectivity index (χ4n) is 2.36. The number of ether oxygens (including phenoxy) is 1. The number of halogens is 2. The molecule has 20 heavy (non-hydrogen) atoms. The second-order valence-electron chi connectivity index (χ2n) is 5.20. The lowest BCUT2D eigenvalue weighted by molar-refractivity contribution is 0.0583. The van der Waals surface area contributed by atoms with E-state index in [1.54, 1.807) is 18.0 Å². The molecule has 1 aromatic rings. The molecule has 0 aliphatic carbocycles. The highest BCUT2D eigenvalue weighted by atomic mass is 35.5. The Morgan fingerprint density at radius 3 is 2.80 bits per heavy atom. The van der Waals surface area contributed by atoms with Gasteiger partial charge in [-0.3, -0.25) is 4.79 Å². The summed E-state index contributed by atoms with van der Waals surface area (Å²) in [5, 5.41) is 0.0337. The first-order chi connectivity index (χ1) is 9.58. The van der Waals surface area contributed by atoms with Crippen LogP contribution in [0.1, 0.15) is 29.6 Å². The Morgan fingerprint density at radius 1 is 1.45 bits per heavy atom. The highest BCUT2D eigenvalue weighted by Crippen LogP contribution is 2.20. The van der Waals surface area contributed by atoms with Crippen molar-refractivity contribution in [2.24, 2.45) is 5.92 Å². The van der Waals surface area contributed by atoms with Gasteiger partial charge in [0, 0.05) is 32.4 Å². The highest BCUT2D eigenvalue weighted by Gasteiger charge is 2.17. The van der Waals surface area contributed by atoms with Crippen molar-refractivity contribution >= 4 is 17.5 Å². The summed E-state index contributed by atoms with van der Waals surface area (Å²) in [5.41, 5.74) is 0.335. The molecule has 0 atom stereocenters. The van der Waals surface area contributed by atoms with E-state index in [1.165, 1.54) is 12.1 Å². The molecule has 0 unspecified atom stereocenters. The van der Waals surface area contributed by atoms with E-state index in [9.17, 15) is 9.18 Å². The van der Waals surface area contributed by atoms with Crippen LogP contribution < -0.4 is 0 Å². The van der Waals surface area contributed by atoms with E-state index in [4.69, 9.17) is 16.3 Å². The van der Waals surface area contributed by atoms with E-state index in [-0.39, 0.29) is 10.9 Å². The van der Waals surface area contributed by atoms with Crippen LogP contribution in [-0.2, 0) is 4.74 Å². The Balaban J connectivity index is 1.89. The van der Waals surface area contributed by atoms with Crippen LogP contribution in [0.15, 0.2) is 18.2 Å². The molecule has 1 fully saturated rings. The summed E-state index contributed by atoms with van der Waals surface area (Å²) in [7, 11) is 1.74. The maximum atomic E-state index is 13.4.